The molecule has 58 valence electrons. The van der Waals surface area contributed by atoms with Crippen LogP contribution in [0.5, 0.6) is 5.75 Å². The monoisotopic (exact) mass is 169 g/mol. The lowest BCUT2D eigenvalue weighted by Crippen LogP contribution is -2.16. The fourth-order valence-electron chi connectivity index (χ4n) is 1.00. The quantitative estimate of drug-likeness (QED) is 0.582. The highest BCUT2D eigenvalue weighted by atomic mass is 32.2. The highest BCUT2D eigenvalue weighted by molar-refractivity contribution is 7.82. The normalized spacial score (nSPS) is 21.2. The van der Waals surface area contributed by atoms with Crippen LogP contribution >= 0.6 is 0 Å². The predicted octanol–water partition coefficient (Wildman–Crippen LogP) is 1.09. The Kier molecular flexibility index (Phi) is 1.35. The minimum absolute atomic E-state index is 0.688. The van der Waals surface area contributed by atoms with Crippen LogP contribution < -0.4 is 8.49 Å². The molecule has 1 aliphatic heterocycles. The van der Waals surface area contributed by atoms with Gasteiger partial charge in [-0.25, -0.2) is 0 Å². The van der Waals surface area contributed by atoms with Gasteiger partial charge in [-0.1, -0.05) is 12.1 Å². The van der Waals surface area contributed by atoms with Gasteiger partial charge in [-0.2, -0.15) is 4.21 Å². The Labute approximate surface area is 67.4 Å². The van der Waals surface area contributed by atoms with Gasteiger partial charge in [0.05, 0.1) is 5.69 Å². The average molecular weight is 169 g/mol. The Morgan fingerprint density at radius 3 is 2.91 bits per heavy atom. The Hall–Kier alpha value is -1.03. The van der Waals surface area contributed by atoms with E-state index in [-0.39, 0.29) is 0 Å². The third-order valence-electron chi connectivity index (χ3n) is 1.59. The number of rotatable bonds is 0. The molecule has 0 aromatic heterocycles. The van der Waals surface area contributed by atoms with E-state index in [0.29, 0.717) is 5.75 Å². The Morgan fingerprint density at radius 1 is 1.45 bits per heavy atom. The van der Waals surface area contributed by atoms with E-state index >= 15 is 0 Å². The van der Waals surface area contributed by atoms with Crippen molar-refractivity contribution in [2.24, 2.45) is 0 Å². The summed E-state index contributed by atoms with van der Waals surface area (Å²) in [5.74, 6) is 0.688. The summed E-state index contributed by atoms with van der Waals surface area (Å²) in [5, 5.41) is 0. The topological polar surface area (TPSA) is 29.5 Å². The molecule has 2 rings (SSSR count). The lowest BCUT2D eigenvalue weighted by Gasteiger charge is -2.03. The van der Waals surface area contributed by atoms with Crippen LogP contribution in [0.15, 0.2) is 24.3 Å². The summed E-state index contributed by atoms with van der Waals surface area (Å²) >= 11 is -1.33. The molecule has 11 heavy (non-hydrogen) atoms. The van der Waals surface area contributed by atoms with Gasteiger partial charge in [-0.15, -0.1) is 0 Å². The minimum atomic E-state index is -1.33. The third kappa shape index (κ3) is 0.903. The molecule has 1 aromatic rings. The average Bonchev–Trinajstić information content (AvgIpc) is 2.30. The van der Waals surface area contributed by atoms with Crippen molar-refractivity contribution in [1.29, 1.82) is 0 Å². The molecule has 4 heteroatoms. The molecule has 0 fully saturated rings. The zero-order chi connectivity index (χ0) is 7.84. The Morgan fingerprint density at radius 2 is 2.18 bits per heavy atom. The second-order valence-corrected chi connectivity index (χ2v) is 3.41. The van der Waals surface area contributed by atoms with E-state index in [2.05, 4.69) is 0 Å². The summed E-state index contributed by atoms with van der Waals surface area (Å²) in [4.78, 5) is 0. The maximum absolute atomic E-state index is 11.0. The molecule has 0 aliphatic carbocycles. The van der Waals surface area contributed by atoms with Crippen LogP contribution in [0.4, 0.5) is 5.69 Å². The smallest absolute Gasteiger partial charge is 0.318 e. The van der Waals surface area contributed by atoms with E-state index in [0.717, 1.165) is 5.69 Å². The summed E-state index contributed by atoms with van der Waals surface area (Å²) in [7, 11) is 1.74. The van der Waals surface area contributed by atoms with Gasteiger partial charge in [0.2, 0.25) is 0 Å². The number of hydrogen-bond donors (Lipinski definition) is 0. The van der Waals surface area contributed by atoms with Gasteiger partial charge >= 0.3 is 11.3 Å². The van der Waals surface area contributed by atoms with Crippen LogP contribution in [0.1, 0.15) is 0 Å². The molecule has 0 radical (unpaired) electrons. The zero-order valence-electron chi connectivity index (χ0n) is 5.98. The van der Waals surface area contributed by atoms with Gasteiger partial charge < -0.3 is 4.18 Å². The summed E-state index contributed by atoms with van der Waals surface area (Å²) in [6, 6.07) is 7.42. The largest absolute Gasteiger partial charge is 0.383 e. The molecule has 1 atom stereocenters. The first-order valence-electron chi connectivity index (χ1n) is 3.22. The standard InChI is InChI=1S/C7H7NO2S/c1-8-6-4-2-3-5-7(6)10-11(8)9/h2-5H,1H3. The van der Waals surface area contributed by atoms with Crippen molar-refractivity contribution in [2.75, 3.05) is 11.4 Å². The van der Waals surface area contributed by atoms with Gasteiger partial charge in [0.25, 0.3) is 0 Å². The number of hydrogen-bond acceptors (Lipinski definition) is 2. The first-order valence-corrected chi connectivity index (χ1v) is 4.25. The van der Waals surface area contributed by atoms with Crippen molar-refractivity contribution >= 4 is 17.0 Å². The molecule has 0 N–H and O–H groups in total. The minimum Gasteiger partial charge on any atom is -0.383 e. The summed E-state index contributed by atoms with van der Waals surface area (Å²) in [6.07, 6.45) is 0. The molecular formula is C7H7NO2S. The molecule has 1 aromatic carbocycles. The van der Waals surface area contributed by atoms with Gasteiger partial charge in [0.15, 0.2) is 5.75 Å². The lowest BCUT2D eigenvalue weighted by atomic mass is 10.3. The van der Waals surface area contributed by atoms with Crippen molar-refractivity contribution in [1.82, 2.24) is 0 Å². The summed E-state index contributed by atoms with van der Waals surface area (Å²) in [5.41, 5.74) is 0.880. The Balaban J connectivity index is 2.55. The molecule has 3 nitrogen and oxygen atoms in total. The SMILES string of the molecule is CN1c2ccccc2OS1=O. The van der Waals surface area contributed by atoms with Crippen LogP contribution in [0.2, 0.25) is 0 Å². The van der Waals surface area contributed by atoms with Gasteiger partial charge in [-0.05, 0) is 12.1 Å². The molecule has 0 spiro atoms. The third-order valence-corrected chi connectivity index (χ3v) is 2.56. The predicted molar refractivity (Wildman–Crippen MR) is 43.6 cm³/mol. The number of fused-ring (bicyclic) bond motifs is 1. The molecule has 0 amide bonds. The van der Waals surface area contributed by atoms with Gasteiger partial charge in [0.1, 0.15) is 0 Å². The van der Waals surface area contributed by atoms with Crippen LogP contribution in [-0.4, -0.2) is 11.3 Å². The molecule has 0 bridgehead atoms. The molecule has 1 heterocycles. The second kappa shape index (κ2) is 2.23. The molecule has 0 saturated heterocycles. The first kappa shape index (κ1) is 6.67. The number of para-hydroxylation sites is 2. The van der Waals surface area contributed by atoms with E-state index < -0.39 is 11.3 Å². The Bertz CT molecular complexity index is 313. The van der Waals surface area contributed by atoms with Crippen molar-refractivity contribution in [3.63, 3.8) is 0 Å². The van der Waals surface area contributed by atoms with Crippen molar-refractivity contribution in [3.8, 4) is 5.75 Å². The van der Waals surface area contributed by atoms with E-state index in [9.17, 15) is 4.21 Å². The number of anilines is 1. The number of benzene rings is 1. The molecule has 0 saturated carbocycles. The van der Waals surface area contributed by atoms with Crippen LogP contribution in [0, 0.1) is 0 Å². The summed E-state index contributed by atoms with van der Waals surface area (Å²) < 4.78 is 17.7. The first-order chi connectivity index (χ1) is 5.29. The maximum atomic E-state index is 11.0. The zero-order valence-corrected chi connectivity index (χ0v) is 6.80. The van der Waals surface area contributed by atoms with E-state index in [1.54, 1.807) is 17.4 Å². The fraction of sp³-hybridized carbons (Fsp3) is 0.143. The van der Waals surface area contributed by atoms with Crippen LogP contribution in [0.3, 0.4) is 0 Å². The molecule has 1 aliphatic rings. The van der Waals surface area contributed by atoms with Crippen molar-refractivity contribution in [2.45, 2.75) is 0 Å². The van der Waals surface area contributed by atoms with Crippen LogP contribution in [-0.2, 0) is 11.3 Å². The van der Waals surface area contributed by atoms with Gasteiger partial charge in [-0.3, -0.25) is 4.31 Å². The van der Waals surface area contributed by atoms with E-state index in [4.69, 9.17) is 4.18 Å². The van der Waals surface area contributed by atoms with Crippen molar-refractivity contribution in [3.05, 3.63) is 24.3 Å². The van der Waals surface area contributed by atoms with Crippen LogP contribution in [0.25, 0.3) is 0 Å². The van der Waals surface area contributed by atoms with Gasteiger partial charge in [0, 0.05) is 7.05 Å². The fourth-order valence-corrected chi connectivity index (χ4v) is 1.72. The van der Waals surface area contributed by atoms with E-state index in [1.807, 2.05) is 18.2 Å². The maximum Gasteiger partial charge on any atom is 0.318 e. The molecular weight excluding hydrogens is 162 g/mol. The highest BCUT2D eigenvalue weighted by Crippen LogP contribution is 2.34. The summed E-state index contributed by atoms with van der Waals surface area (Å²) in [6.45, 7) is 0. The second-order valence-electron chi connectivity index (χ2n) is 2.27. The lowest BCUT2D eigenvalue weighted by molar-refractivity contribution is 0.577. The van der Waals surface area contributed by atoms with E-state index in [1.165, 1.54) is 0 Å². The number of nitrogens with zero attached hydrogens (tertiary/aromatic N) is 1. The van der Waals surface area contributed by atoms with Crippen molar-refractivity contribution < 1.29 is 8.39 Å². The highest BCUT2D eigenvalue weighted by Gasteiger charge is 2.23. The molecule has 1 unspecified atom stereocenters.